The summed E-state index contributed by atoms with van der Waals surface area (Å²) < 4.78 is 26.9. The molecular weight excluding hydrogens is 424 g/mol. The van der Waals surface area contributed by atoms with Crippen molar-refractivity contribution in [3.8, 4) is 11.3 Å². The number of nitrogens with one attached hydrogen (secondary N) is 1. The van der Waals surface area contributed by atoms with Crippen molar-refractivity contribution in [2.45, 2.75) is 17.6 Å². The number of amides is 1. The molecule has 30 heavy (non-hydrogen) atoms. The number of carbonyl (C=O) groups excluding carboxylic acids is 1. The Balaban J connectivity index is 1.71. The zero-order valence-corrected chi connectivity index (χ0v) is 18.2. The molecule has 0 bridgehead atoms. The highest BCUT2D eigenvalue weighted by Gasteiger charge is 2.24. The van der Waals surface area contributed by atoms with Crippen molar-refractivity contribution in [3.05, 3.63) is 59.9 Å². The largest absolute Gasteiger partial charge is 0.395 e. The van der Waals surface area contributed by atoms with E-state index >= 15 is 0 Å². The Labute approximate surface area is 179 Å². The van der Waals surface area contributed by atoms with Crippen molar-refractivity contribution in [2.24, 2.45) is 0 Å². The van der Waals surface area contributed by atoms with Gasteiger partial charge in [-0.3, -0.25) is 14.7 Å². The Morgan fingerprint density at radius 2 is 1.93 bits per heavy atom. The fourth-order valence-corrected chi connectivity index (χ4v) is 5.28. The average Bonchev–Trinajstić information content (AvgIpc) is 3.15. The second-order valence-electron chi connectivity index (χ2n) is 6.53. The highest BCUT2D eigenvalue weighted by Crippen LogP contribution is 2.29. The van der Waals surface area contributed by atoms with Crippen LogP contribution >= 0.6 is 11.3 Å². The third-order valence-corrected chi connectivity index (χ3v) is 7.63. The second-order valence-corrected chi connectivity index (χ2v) is 9.47. The summed E-state index contributed by atoms with van der Waals surface area (Å²) in [5.74, 6) is -0.207. The predicted octanol–water partition coefficient (Wildman–Crippen LogP) is 1.99. The minimum Gasteiger partial charge on any atom is -0.395 e. The number of aliphatic hydroxyl groups is 1. The molecule has 1 aromatic carbocycles. The number of hydrogen-bond donors (Lipinski definition) is 2. The molecule has 0 aliphatic carbocycles. The number of thiazole rings is 1. The fraction of sp³-hybridized carbons (Fsp3) is 0.250. The Morgan fingerprint density at radius 1 is 1.20 bits per heavy atom. The molecule has 0 saturated heterocycles. The lowest BCUT2D eigenvalue weighted by Gasteiger charge is -2.14. The lowest BCUT2D eigenvalue weighted by molar-refractivity contribution is -0.117. The van der Waals surface area contributed by atoms with Gasteiger partial charge < -0.3 is 5.11 Å². The summed E-state index contributed by atoms with van der Waals surface area (Å²) in [6, 6.07) is 13.3. The summed E-state index contributed by atoms with van der Waals surface area (Å²) in [6.45, 7) is 1.18. The molecule has 0 fully saturated rings. The van der Waals surface area contributed by atoms with E-state index in [0.29, 0.717) is 10.8 Å². The highest BCUT2D eigenvalue weighted by atomic mass is 32.2. The van der Waals surface area contributed by atoms with Gasteiger partial charge in [0, 0.05) is 25.4 Å². The monoisotopic (exact) mass is 446 g/mol. The van der Waals surface area contributed by atoms with Gasteiger partial charge in [-0.1, -0.05) is 41.7 Å². The van der Waals surface area contributed by atoms with Crippen LogP contribution in [0.15, 0.2) is 52.9 Å². The molecule has 0 atom stereocenters. The van der Waals surface area contributed by atoms with Crippen molar-refractivity contribution in [3.63, 3.8) is 0 Å². The number of aryl methyl sites for hydroxylation is 1. The van der Waals surface area contributed by atoms with Crippen LogP contribution in [-0.4, -0.2) is 49.6 Å². The number of carbonyl (C=O) groups is 1. The molecule has 3 aromatic rings. The number of rotatable bonds is 8. The number of aliphatic hydroxyl groups excluding tert-OH is 1. The van der Waals surface area contributed by atoms with Crippen LogP contribution in [0.1, 0.15) is 11.3 Å². The summed E-state index contributed by atoms with van der Waals surface area (Å²) in [5.41, 5.74) is 2.95. The summed E-state index contributed by atoms with van der Waals surface area (Å²) in [6.07, 6.45) is 1.88. The maximum absolute atomic E-state index is 12.7. The molecule has 0 spiro atoms. The molecule has 0 unspecified atom stereocenters. The number of benzene rings is 1. The minimum atomic E-state index is -3.78. The van der Waals surface area contributed by atoms with Crippen molar-refractivity contribution in [1.29, 1.82) is 0 Å². The Bertz CT molecular complexity index is 1110. The first kappa shape index (κ1) is 22.0. The summed E-state index contributed by atoms with van der Waals surface area (Å²) in [5, 5.41) is 9.14. The van der Waals surface area contributed by atoms with E-state index in [1.807, 2.05) is 42.5 Å². The van der Waals surface area contributed by atoms with Gasteiger partial charge in [-0.25, -0.2) is 18.1 Å². The molecule has 8 nitrogen and oxygen atoms in total. The van der Waals surface area contributed by atoms with E-state index in [2.05, 4.69) is 14.7 Å². The number of hydrogen-bond acceptors (Lipinski definition) is 7. The number of pyridine rings is 1. The molecule has 3 rings (SSSR count). The van der Waals surface area contributed by atoms with Crippen LogP contribution in [0, 0.1) is 6.92 Å². The molecule has 0 aliphatic rings. The molecule has 2 N–H and O–H groups in total. The van der Waals surface area contributed by atoms with Gasteiger partial charge in [-0.15, -0.1) is 0 Å². The van der Waals surface area contributed by atoms with E-state index in [-0.39, 0.29) is 29.7 Å². The van der Waals surface area contributed by atoms with Gasteiger partial charge in [0.1, 0.15) is 0 Å². The minimum absolute atomic E-state index is 0.0327. The molecule has 0 aliphatic heterocycles. The summed E-state index contributed by atoms with van der Waals surface area (Å²) >= 11 is 0.917. The van der Waals surface area contributed by atoms with E-state index in [1.165, 1.54) is 4.90 Å². The van der Waals surface area contributed by atoms with Gasteiger partial charge in [-0.2, -0.15) is 0 Å². The molecule has 0 saturated carbocycles. The molecule has 10 heteroatoms. The van der Waals surface area contributed by atoms with E-state index in [9.17, 15) is 13.2 Å². The zero-order valence-electron chi connectivity index (χ0n) is 16.6. The third-order valence-electron chi connectivity index (χ3n) is 4.32. The zero-order chi connectivity index (χ0) is 21.7. The van der Waals surface area contributed by atoms with Crippen LogP contribution in [0.25, 0.3) is 11.3 Å². The Hall–Kier alpha value is -2.66. The Kier molecular flexibility index (Phi) is 6.93. The quantitative estimate of drug-likeness (QED) is 0.547. The van der Waals surface area contributed by atoms with Gasteiger partial charge in [0.05, 0.1) is 24.4 Å². The fourth-order valence-electron chi connectivity index (χ4n) is 2.73. The molecule has 2 heterocycles. The number of nitrogens with zero attached hydrogens (tertiary/aromatic N) is 3. The van der Waals surface area contributed by atoms with Crippen molar-refractivity contribution in [2.75, 3.05) is 25.1 Å². The topological polar surface area (TPSA) is 112 Å². The second kappa shape index (κ2) is 9.43. The van der Waals surface area contributed by atoms with Crippen molar-refractivity contribution >= 4 is 32.4 Å². The van der Waals surface area contributed by atoms with E-state index in [0.717, 1.165) is 28.2 Å². The lowest BCUT2D eigenvalue weighted by atomic mass is 10.1. The van der Waals surface area contributed by atoms with Gasteiger partial charge in [0.25, 0.3) is 10.0 Å². The van der Waals surface area contributed by atoms with Crippen molar-refractivity contribution < 1.29 is 18.3 Å². The first-order valence-electron chi connectivity index (χ1n) is 9.16. The number of likely N-dealkylation sites (N-methyl/N-ethyl adjacent to an activating group) is 1. The number of sulfonamides is 1. The smallest absolute Gasteiger partial charge is 0.252 e. The van der Waals surface area contributed by atoms with Crippen LogP contribution in [-0.2, 0) is 21.2 Å². The predicted molar refractivity (Wildman–Crippen MR) is 116 cm³/mol. The normalized spacial score (nSPS) is 11.4. The number of anilines is 1. The van der Waals surface area contributed by atoms with Gasteiger partial charge in [0.15, 0.2) is 9.34 Å². The molecular formula is C20H22N4O4S2. The first-order valence-corrected chi connectivity index (χ1v) is 11.5. The first-order chi connectivity index (χ1) is 14.3. The van der Waals surface area contributed by atoms with Crippen LogP contribution in [0.3, 0.4) is 0 Å². The van der Waals surface area contributed by atoms with Gasteiger partial charge >= 0.3 is 0 Å². The van der Waals surface area contributed by atoms with Crippen LogP contribution in [0.5, 0.6) is 0 Å². The molecule has 158 valence electrons. The molecule has 2 aromatic heterocycles. The van der Waals surface area contributed by atoms with Crippen LogP contribution in [0.4, 0.5) is 5.13 Å². The Morgan fingerprint density at radius 3 is 2.57 bits per heavy atom. The van der Waals surface area contributed by atoms with Gasteiger partial charge in [-0.05, 0) is 24.6 Å². The van der Waals surface area contributed by atoms with Crippen LogP contribution in [0.2, 0.25) is 0 Å². The summed E-state index contributed by atoms with van der Waals surface area (Å²) in [4.78, 5) is 22.6. The van der Waals surface area contributed by atoms with E-state index in [4.69, 9.17) is 5.11 Å². The lowest BCUT2D eigenvalue weighted by Crippen LogP contribution is -2.27. The third kappa shape index (κ3) is 5.08. The average molecular weight is 447 g/mol. The maximum Gasteiger partial charge on any atom is 0.252 e. The highest BCUT2D eigenvalue weighted by molar-refractivity contribution is 7.91. The van der Waals surface area contributed by atoms with E-state index < -0.39 is 10.0 Å². The SMILES string of the molecule is Cc1nc(N(C)C(=O)Cc2ccc(-c3ccccn3)cc2)sc1S(=O)(=O)NCCO. The number of aromatic nitrogens is 2. The van der Waals surface area contributed by atoms with Crippen molar-refractivity contribution in [1.82, 2.24) is 14.7 Å². The molecule has 0 radical (unpaired) electrons. The van der Waals surface area contributed by atoms with Gasteiger partial charge in [0.2, 0.25) is 5.91 Å². The molecule has 1 amide bonds. The van der Waals surface area contributed by atoms with E-state index in [1.54, 1.807) is 20.2 Å². The standard InChI is InChI=1S/C20H22N4O4S2/c1-14-19(30(27,28)22-11-12-25)29-20(23-14)24(2)18(26)13-15-6-8-16(9-7-15)17-5-3-4-10-21-17/h3-10,22,25H,11-13H2,1-2H3. The summed E-state index contributed by atoms with van der Waals surface area (Å²) in [7, 11) is -2.21. The maximum atomic E-state index is 12.7. The van der Waals surface area contributed by atoms with Crippen LogP contribution < -0.4 is 9.62 Å².